The van der Waals surface area contributed by atoms with E-state index in [1.807, 2.05) is 0 Å². The molecule has 46 heavy (non-hydrogen) atoms. The zero-order chi connectivity index (χ0) is 33.2. The number of nitrogens with zero attached hydrogens (tertiary/aromatic N) is 2. The van der Waals surface area contributed by atoms with E-state index in [2.05, 4.69) is 21.6 Å². The molecule has 5 aromatic rings. The van der Waals surface area contributed by atoms with Crippen LogP contribution in [0.4, 0.5) is 35.1 Å². The summed E-state index contributed by atoms with van der Waals surface area (Å²) in [6, 6.07) is 8.38. The minimum absolute atomic E-state index is 0.228. The molecule has 0 saturated heterocycles. The Balaban J connectivity index is 1.36. The normalized spacial score (nSPS) is 11.6. The molecule has 0 saturated carbocycles. The van der Waals surface area contributed by atoms with E-state index in [4.69, 9.17) is 11.6 Å². The topological polar surface area (TPSA) is 35.0 Å². The average molecular weight is 663 g/mol. The van der Waals surface area contributed by atoms with Crippen molar-refractivity contribution in [1.82, 2.24) is 9.97 Å². The lowest BCUT2D eigenvalue weighted by atomic mass is 10.00. The maximum atomic E-state index is 15.1. The Morgan fingerprint density at radius 3 is 1.72 bits per heavy atom. The number of ether oxygens (including phenoxy) is 1. The zero-order valence-electron chi connectivity index (χ0n) is 24.0. The van der Waals surface area contributed by atoms with Crippen LogP contribution in [0, 0.1) is 34.9 Å². The van der Waals surface area contributed by atoms with Gasteiger partial charge in [-0.05, 0) is 72.0 Å². The number of hydrogen-bond donors (Lipinski definition) is 0. The molecule has 12 heteroatoms. The van der Waals surface area contributed by atoms with Gasteiger partial charge in [-0.2, -0.15) is 8.78 Å². The monoisotopic (exact) mass is 662 g/mol. The molecule has 1 aromatic heterocycles. The number of halogens is 9. The molecule has 4 aromatic carbocycles. The third-order valence-electron chi connectivity index (χ3n) is 7.13. The lowest BCUT2D eigenvalue weighted by molar-refractivity contribution is -0.189. The Bertz CT molecular complexity index is 1850. The molecule has 5 rings (SSSR count). The van der Waals surface area contributed by atoms with Gasteiger partial charge in [-0.15, -0.1) is 0 Å². The van der Waals surface area contributed by atoms with Crippen LogP contribution in [-0.4, -0.2) is 9.97 Å². The van der Waals surface area contributed by atoms with Crippen LogP contribution in [0.5, 0.6) is 5.75 Å². The average Bonchev–Trinajstić information content (AvgIpc) is 2.99. The van der Waals surface area contributed by atoms with Gasteiger partial charge in [-0.3, -0.25) is 0 Å². The van der Waals surface area contributed by atoms with E-state index >= 15 is 13.2 Å². The van der Waals surface area contributed by atoms with Gasteiger partial charge in [0.2, 0.25) is 0 Å². The van der Waals surface area contributed by atoms with Crippen molar-refractivity contribution in [3.05, 3.63) is 124 Å². The van der Waals surface area contributed by atoms with Gasteiger partial charge in [-0.1, -0.05) is 43.5 Å². The van der Waals surface area contributed by atoms with Gasteiger partial charge in [0.05, 0.1) is 0 Å². The highest BCUT2D eigenvalue weighted by Crippen LogP contribution is 2.39. The van der Waals surface area contributed by atoms with Crippen LogP contribution in [0.3, 0.4) is 0 Å². The number of aryl methyl sites for hydroxylation is 1. The van der Waals surface area contributed by atoms with Crippen molar-refractivity contribution >= 4 is 11.6 Å². The molecule has 3 nitrogen and oxygen atoms in total. The molecule has 1 heterocycles. The van der Waals surface area contributed by atoms with Crippen LogP contribution in [0.1, 0.15) is 37.3 Å². The second-order valence-electron chi connectivity index (χ2n) is 10.4. The molecule has 0 aliphatic carbocycles. The summed E-state index contributed by atoms with van der Waals surface area (Å²) in [5.41, 5.74) is -1.90. The first kappa shape index (κ1) is 32.9. The van der Waals surface area contributed by atoms with E-state index in [0.717, 1.165) is 61.6 Å². The molecule has 0 unspecified atom stereocenters. The highest BCUT2D eigenvalue weighted by Gasteiger charge is 2.41. The summed E-state index contributed by atoms with van der Waals surface area (Å²) in [5, 5.41) is -0.813. The first-order valence-electron chi connectivity index (χ1n) is 14.0. The van der Waals surface area contributed by atoms with Crippen LogP contribution in [0.2, 0.25) is 5.02 Å². The third kappa shape index (κ3) is 6.99. The highest BCUT2D eigenvalue weighted by molar-refractivity contribution is 6.31. The predicted octanol–water partition coefficient (Wildman–Crippen LogP) is 10.8. The summed E-state index contributed by atoms with van der Waals surface area (Å²) in [7, 11) is 0. The first-order chi connectivity index (χ1) is 21.9. The van der Waals surface area contributed by atoms with Crippen molar-refractivity contribution in [1.29, 1.82) is 0 Å². The molecule has 0 radical (unpaired) electrons. The van der Waals surface area contributed by atoms with Crippen molar-refractivity contribution < 1.29 is 39.9 Å². The SMILES string of the molecule is CCCCCc1cnc(-c2ccc(-c3cc(F)c(C(F)(F)Oc4ccc(-c5cc(F)c(Cl)c(F)c5)c(F)c4)c(F)c3)c(F)c2)nc1. The van der Waals surface area contributed by atoms with Crippen molar-refractivity contribution in [2.45, 2.75) is 38.7 Å². The van der Waals surface area contributed by atoms with Crippen LogP contribution in [0.25, 0.3) is 33.6 Å². The summed E-state index contributed by atoms with van der Waals surface area (Å²) >= 11 is 5.43. The fourth-order valence-electron chi connectivity index (χ4n) is 4.81. The number of rotatable bonds is 10. The number of benzene rings is 4. The predicted molar refractivity (Wildman–Crippen MR) is 157 cm³/mol. The summed E-state index contributed by atoms with van der Waals surface area (Å²) in [6.07, 6.45) is 2.54. The number of unbranched alkanes of at least 4 members (excludes halogenated alkanes) is 2. The van der Waals surface area contributed by atoms with Crippen molar-refractivity contribution in [2.24, 2.45) is 0 Å². The Morgan fingerprint density at radius 2 is 1.17 bits per heavy atom. The summed E-state index contributed by atoms with van der Waals surface area (Å²) in [5.74, 6) is -8.61. The van der Waals surface area contributed by atoms with Crippen LogP contribution in [-0.2, 0) is 12.5 Å². The van der Waals surface area contributed by atoms with E-state index in [9.17, 15) is 22.0 Å². The molecule has 0 amide bonds. The number of alkyl halides is 2. The number of hydrogen-bond acceptors (Lipinski definition) is 3. The number of aromatic nitrogens is 2. The molecule has 0 aliphatic rings. The van der Waals surface area contributed by atoms with E-state index in [-0.39, 0.29) is 28.1 Å². The minimum atomic E-state index is -4.65. The molecule has 0 atom stereocenters. The van der Waals surface area contributed by atoms with E-state index in [1.54, 1.807) is 12.4 Å². The largest absolute Gasteiger partial charge is 0.432 e. The Labute approximate surface area is 263 Å². The van der Waals surface area contributed by atoms with Crippen molar-refractivity contribution in [3.63, 3.8) is 0 Å². The smallest absolute Gasteiger partial charge is 0.429 e. The van der Waals surface area contributed by atoms with Gasteiger partial charge in [0.25, 0.3) is 0 Å². The van der Waals surface area contributed by atoms with Gasteiger partial charge >= 0.3 is 6.11 Å². The molecule has 0 N–H and O–H groups in total. The fraction of sp³-hybridized carbons (Fsp3) is 0.176. The van der Waals surface area contributed by atoms with Crippen LogP contribution >= 0.6 is 11.6 Å². The minimum Gasteiger partial charge on any atom is -0.429 e. The molecular weight excluding hydrogens is 640 g/mol. The summed E-state index contributed by atoms with van der Waals surface area (Å²) in [4.78, 5) is 8.51. The molecule has 0 aliphatic heterocycles. The van der Waals surface area contributed by atoms with Crippen LogP contribution in [0.15, 0.2) is 73.1 Å². The molecule has 0 fully saturated rings. The summed E-state index contributed by atoms with van der Waals surface area (Å²) < 4.78 is 122. The lowest BCUT2D eigenvalue weighted by Crippen LogP contribution is -2.25. The standard InChI is InChI=1S/C34H23ClF8N2O/c1-2-3-4-5-18-16-44-33(45-17-18)19-6-8-23(25(36)10-19)20-11-27(38)31(28(39)12-20)34(42,43)46-22-7-9-24(26(37)15-22)21-13-29(40)32(35)30(41)14-21/h6-17H,2-5H2,1H3. The van der Waals surface area contributed by atoms with E-state index < -0.39 is 57.3 Å². The highest BCUT2D eigenvalue weighted by atomic mass is 35.5. The quantitative estimate of drug-likeness (QED) is 0.0848. The molecule has 238 valence electrons. The molecular formula is C34H23ClF8N2O. The second kappa shape index (κ2) is 13.5. The van der Waals surface area contributed by atoms with Crippen LogP contribution < -0.4 is 4.74 Å². The fourth-order valence-corrected chi connectivity index (χ4v) is 4.92. The molecule has 0 bridgehead atoms. The van der Waals surface area contributed by atoms with Gasteiger partial charge in [0, 0.05) is 35.2 Å². The second-order valence-corrected chi connectivity index (χ2v) is 10.8. The third-order valence-corrected chi connectivity index (χ3v) is 7.49. The van der Waals surface area contributed by atoms with E-state index in [0.29, 0.717) is 23.8 Å². The van der Waals surface area contributed by atoms with Gasteiger partial charge in [-0.25, -0.2) is 36.3 Å². The van der Waals surface area contributed by atoms with Gasteiger partial charge in [0.15, 0.2) is 5.82 Å². The van der Waals surface area contributed by atoms with Crippen molar-refractivity contribution in [2.75, 3.05) is 0 Å². The summed E-state index contributed by atoms with van der Waals surface area (Å²) in [6.45, 7) is 2.09. The maximum absolute atomic E-state index is 15.1. The van der Waals surface area contributed by atoms with E-state index in [1.165, 1.54) is 12.1 Å². The molecule has 0 spiro atoms. The first-order valence-corrected chi connectivity index (χ1v) is 14.4. The lowest BCUT2D eigenvalue weighted by Gasteiger charge is -2.20. The zero-order valence-corrected chi connectivity index (χ0v) is 24.7. The Hall–Kier alpha value is -4.51. The van der Waals surface area contributed by atoms with Gasteiger partial charge < -0.3 is 4.74 Å². The Morgan fingerprint density at radius 1 is 0.652 bits per heavy atom. The van der Waals surface area contributed by atoms with Gasteiger partial charge in [0.1, 0.15) is 51.2 Å². The van der Waals surface area contributed by atoms with Crippen molar-refractivity contribution in [3.8, 4) is 39.4 Å². The Kier molecular flexibility index (Phi) is 9.62. The maximum Gasteiger partial charge on any atom is 0.432 e.